The number of carbonyl (C=O) groups is 2. The number of carbonyl (C=O) groups excluding carboxylic acids is 1. The smallest absolute Gasteiger partial charge is 0.315 e. The molecule has 1 saturated heterocycles. The fourth-order valence-corrected chi connectivity index (χ4v) is 3.54. The van der Waals surface area contributed by atoms with Crippen LogP contribution in [0.2, 0.25) is 0 Å². The van der Waals surface area contributed by atoms with Crippen LogP contribution in [-0.4, -0.2) is 49.1 Å². The van der Waals surface area contributed by atoms with Gasteiger partial charge >= 0.3 is 12.0 Å². The third-order valence-corrected chi connectivity index (χ3v) is 4.48. The molecule has 0 saturated carbocycles. The molecule has 1 heterocycles. The van der Waals surface area contributed by atoms with E-state index in [9.17, 15) is 18.0 Å². The highest BCUT2D eigenvalue weighted by Crippen LogP contribution is 2.11. The number of nitrogens with one attached hydrogen (secondary N) is 2. The van der Waals surface area contributed by atoms with Crippen molar-refractivity contribution in [2.45, 2.75) is 38.3 Å². The molecule has 3 N–H and O–H groups in total. The zero-order valence-electron chi connectivity index (χ0n) is 10.2. The summed E-state index contributed by atoms with van der Waals surface area (Å²) < 4.78 is 22.7. The minimum absolute atomic E-state index is 0.0479. The second-order valence-corrected chi connectivity index (χ2v) is 6.80. The van der Waals surface area contributed by atoms with Crippen molar-refractivity contribution in [2.75, 3.05) is 11.5 Å². The molecule has 2 atom stereocenters. The van der Waals surface area contributed by atoms with E-state index in [1.54, 1.807) is 6.92 Å². The molecule has 18 heavy (non-hydrogen) atoms. The lowest BCUT2D eigenvalue weighted by molar-refractivity contribution is -0.137. The zero-order chi connectivity index (χ0) is 13.8. The summed E-state index contributed by atoms with van der Waals surface area (Å²) in [6.07, 6.45) is 0.994. The largest absolute Gasteiger partial charge is 0.481 e. The minimum atomic E-state index is -3.06. The van der Waals surface area contributed by atoms with E-state index in [1.807, 2.05) is 0 Å². The maximum absolute atomic E-state index is 11.5. The van der Waals surface area contributed by atoms with Gasteiger partial charge in [0.05, 0.1) is 17.9 Å². The number of carboxylic acid groups (broad SMARTS) is 1. The maximum Gasteiger partial charge on any atom is 0.315 e. The summed E-state index contributed by atoms with van der Waals surface area (Å²) in [4.78, 5) is 21.9. The van der Waals surface area contributed by atoms with Crippen LogP contribution in [0, 0.1) is 0 Å². The van der Waals surface area contributed by atoms with E-state index in [0.29, 0.717) is 12.8 Å². The standard InChI is InChI=1S/C10H18N2O5S/c1-7(5-9(13)14)11-10(15)12-8-3-2-4-18(16,17)6-8/h7-8H,2-6H2,1H3,(H,13,14)(H2,11,12,15). The van der Waals surface area contributed by atoms with Gasteiger partial charge in [-0.3, -0.25) is 4.79 Å². The highest BCUT2D eigenvalue weighted by Gasteiger charge is 2.26. The lowest BCUT2D eigenvalue weighted by Gasteiger charge is -2.24. The molecule has 0 aromatic rings. The Labute approximate surface area is 106 Å². The molecule has 0 radical (unpaired) electrons. The molecular formula is C10H18N2O5S. The molecule has 0 aromatic carbocycles. The number of amides is 2. The van der Waals surface area contributed by atoms with E-state index in [4.69, 9.17) is 5.11 Å². The van der Waals surface area contributed by atoms with Crippen LogP contribution < -0.4 is 10.6 Å². The first-order chi connectivity index (χ1) is 8.28. The Hall–Kier alpha value is -1.31. The van der Waals surface area contributed by atoms with Crippen LogP contribution >= 0.6 is 0 Å². The monoisotopic (exact) mass is 278 g/mol. The third-order valence-electron chi connectivity index (χ3n) is 2.66. The van der Waals surface area contributed by atoms with Crippen LogP contribution in [0.5, 0.6) is 0 Å². The lowest BCUT2D eigenvalue weighted by atomic mass is 10.2. The number of aliphatic carboxylic acids is 1. The second kappa shape index (κ2) is 6.03. The summed E-state index contributed by atoms with van der Waals surface area (Å²) in [5, 5.41) is 13.6. The van der Waals surface area contributed by atoms with Crippen LogP contribution in [0.4, 0.5) is 4.79 Å². The number of hydrogen-bond donors (Lipinski definition) is 3. The second-order valence-electron chi connectivity index (χ2n) is 4.57. The van der Waals surface area contributed by atoms with Crippen molar-refractivity contribution in [1.29, 1.82) is 0 Å². The van der Waals surface area contributed by atoms with Gasteiger partial charge in [0.15, 0.2) is 9.84 Å². The van der Waals surface area contributed by atoms with Crippen molar-refractivity contribution in [1.82, 2.24) is 10.6 Å². The topological polar surface area (TPSA) is 113 Å². The summed E-state index contributed by atoms with van der Waals surface area (Å²) in [6.45, 7) is 1.57. The Morgan fingerprint density at radius 1 is 1.44 bits per heavy atom. The van der Waals surface area contributed by atoms with Crippen LogP contribution in [0.1, 0.15) is 26.2 Å². The molecular weight excluding hydrogens is 260 g/mol. The quantitative estimate of drug-likeness (QED) is 0.655. The normalized spacial score (nSPS) is 23.9. The van der Waals surface area contributed by atoms with Gasteiger partial charge in [0.2, 0.25) is 0 Å². The van der Waals surface area contributed by atoms with Crippen LogP contribution in [0.3, 0.4) is 0 Å². The number of carboxylic acids is 1. The van der Waals surface area contributed by atoms with Crippen molar-refractivity contribution >= 4 is 21.8 Å². The molecule has 0 aliphatic carbocycles. The number of rotatable bonds is 4. The average molecular weight is 278 g/mol. The van der Waals surface area contributed by atoms with E-state index in [2.05, 4.69) is 10.6 Å². The molecule has 7 nitrogen and oxygen atoms in total. The van der Waals surface area contributed by atoms with E-state index >= 15 is 0 Å². The van der Waals surface area contributed by atoms with E-state index in [1.165, 1.54) is 0 Å². The van der Waals surface area contributed by atoms with Gasteiger partial charge in [-0.15, -0.1) is 0 Å². The highest BCUT2D eigenvalue weighted by molar-refractivity contribution is 7.91. The zero-order valence-corrected chi connectivity index (χ0v) is 11.0. The lowest BCUT2D eigenvalue weighted by Crippen LogP contribution is -2.49. The molecule has 1 aliphatic rings. The predicted octanol–water partition coefficient (Wildman–Crippen LogP) is -0.274. The Morgan fingerprint density at radius 3 is 2.67 bits per heavy atom. The summed E-state index contributed by atoms with van der Waals surface area (Å²) in [5.74, 6) is -0.876. The van der Waals surface area contributed by atoms with Gasteiger partial charge in [-0.1, -0.05) is 0 Å². The SMILES string of the molecule is CC(CC(=O)O)NC(=O)NC1CCCS(=O)(=O)C1. The van der Waals surface area contributed by atoms with Gasteiger partial charge in [0, 0.05) is 12.1 Å². The van der Waals surface area contributed by atoms with Gasteiger partial charge in [-0.05, 0) is 19.8 Å². The number of urea groups is 1. The molecule has 1 aliphatic heterocycles. The van der Waals surface area contributed by atoms with Crippen molar-refractivity contribution < 1.29 is 23.1 Å². The van der Waals surface area contributed by atoms with Gasteiger partial charge in [-0.25, -0.2) is 13.2 Å². The Morgan fingerprint density at radius 2 is 2.11 bits per heavy atom. The van der Waals surface area contributed by atoms with Gasteiger partial charge in [0.25, 0.3) is 0 Å². The molecule has 0 bridgehead atoms. The number of hydrogen-bond acceptors (Lipinski definition) is 4. The predicted molar refractivity (Wildman–Crippen MR) is 65.1 cm³/mol. The third kappa shape index (κ3) is 5.35. The Balaban J connectivity index is 2.38. The van der Waals surface area contributed by atoms with Crippen molar-refractivity contribution in [3.05, 3.63) is 0 Å². The molecule has 104 valence electrons. The van der Waals surface area contributed by atoms with Gasteiger partial charge < -0.3 is 15.7 Å². The first-order valence-corrected chi connectivity index (χ1v) is 7.60. The summed E-state index contributed by atoms with van der Waals surface area (Å²) >= 11 is 0. The summed E-state index contributed by atoms with van der Waals surface area (Å²) in [5.41, 5.74) is 0. The maximum atomic E-state index is 11.5. The minimum Gasteiger partial charge on any atom is -0.481 e. The first-order valence-electron chi connectivity index (χ1n) is 5.78. The first kappa shape index (κ1) is 14.7. The summed E-state index contributed by atoms with van der Waals surface area (Å²) in [7, 11) is -3.06. The van der Waals surface area contributed by atoms with Crippen LogP contribution in [0.15, 0.2) is 0 Å². The van der Waals surface area contributed by atoms with Gasteiger partial charge in [-0.2, -0.15) is 0 Å². The Bertz CT molecular complexity index is 420. The molecule has 1 rings (SSSR count). The average Bonchev–Trinajstić information content (AvgIpc) is 2.13. The van der Waals surface area contributed by atoms with Crippen LogP contribution in [-0.2, 0) is 14.6 Å². The highest BCUT2D eigenvalue weighted by atomic mass is 32.2. The molecule has 0 spiro atoms. The molecule has 8 heteroatoms. The van der Waals surface area contributed by atoms with Crippen molar-refractivity contribution in [3.63, 3.8) is 0 Å². The molecule has 2 amide bonds. The van der Waals surface area contributed by atoms with E-state index in [0.717, 1.165) is 0 Å². The summed E-state index contributed by atoms with van der Waals surface area (Å²) in [6, 6.07) is -1.41. The fourth-order valence-electron chi connectivity index (χ4n) is 1.90. The van der Waals surface area contributed by atoms with E-state index < -0.39 is 27.9 Å². The molecule has 0 aromatic heterocycles. The molecule has 1 fully saturated rings. The molecule has 2 unspecified atom stereocenters. The Kier molecular flexibility index (Phi) is 4.94. The van der Waals surface area contributed by atoms with E-state index in [-0.39, 0.29) is 24.0 Å². The fraction of sp³-hybridized carbons (Fsp3) is 0.800. The van der Waals surface area contributed by atoms with Gasteiger partial charge in [0.1, 0.15) is 0 Å². The van der Waals surface area contributed by atoms with Crippen LogP contribution in [0.25, 0.3) is 0 Å². The van der Waals surface area contributed by atoms with Crippen molar-refractivity contribution in [2.24, 2.45) is 0 Å². The number of sulfone groups is 1. The van der Waals surface area contributed by atoms with Crippen molar-refractivity contribution in [3.8, 4) is 0 Å².